The summed E-state index contributed by atoms with van der Waals surface area (Å²) in [5, 5.41) is 0. The number of nitrogens with zero attached hydrogens (tertiary/aromatic N) is 3. The molecule has 0 spiro atoms. The number of hydrogen-bond acceptors (Lipinski definition) is 3. The zero-order valence-electron chi connectivity index (χ0n) is 85.0. The molecule has 0 fully saturated rings. The summed E-state index contributed by atoms with van der Waals surface area (Å²) in [6.45, 7) is 13.8. The molecule has 4 heteroatoms. The van der Waals surface area contributed by atoms with Crippen LogP contribution in [-0.4, -0.2) is 6.71 Å². The van der Waals surface area contributed by atoms with E-state index in [2.05, 4.69) is 614 Å². The molecular formula is C146H110BN3. The molecule has 0 amide bonds. The van der Waals surface area contributed by atoms with Crippen molar-refractivity contribution in [3.8, 4) is 178 Å². The molecule has 0 saturated heterocycles. The van der Waals surface area contributed by atoms with E-state index in [1.165, 1.54) is 88.8 Å². The summed E-state index contributed by atoms with van der Waals surface area (Å²) in [6, 6.07) is 210. The maximum Gasteiger partial charge on any atom is 0.252 e. The first-order valence-corrected chi connectivity index (χ1v) is 52.3. The van der Waals surface area contributed by atoms with Crippen molar-refractivity contribution in [3.05, 3.63) is 569 Å². The van der Waals surface area contributed by atoms with E-state index < -0.39 is 6.71 Å². The van der Waals surface area contributed by atoms with Gasteiger partial charge in [-0.15, -0.1) is 0 Å². The monoisotopic (exact) mass is 1920 g/mol. The molecule has 0 bridgehead atoms. The molecule has 0 aliphatic carbocycles. The van der Waals surface area contributed by atoms with E-state index in [4.69, 9.17) is 0 Å². The van der Waals surface area contributed by atoms with Gasteiger partial charge in [0.15, 0.2) is 0 Å². The lowest BCUT2D eigenvalue weighted by molar-refractivity contribution is 0.593. The lowest BCUT2D eigenvalue weighted by Gasteiger charge is -2.46. The van der Waals surface area contributed by atoms with Crippen molar-refractivity contribution in [1.29, 1.82) is 0 Å². The number of benzene rings is 23. The fraction of sp³-hybridized carbons (Fsp3) is 0.0548. The highest BCUT2D eigenvalue weighted by Gasteiger charge is 2.47. The minimum absolute atomic E-state index is 0.265. The van der Waals surface area contributed by atoms with Gasteiger partial charge in [0.2, 0.25) is 0 Å². The second-order valence-electron chi connectivity index (χ2n) is 41.8. The van der Waals surface area contributed by atoms with Crippen molar-refractivity contribution in [1.82, 2.24) is 0 Å². The van der Waals surface area contributed by atoms with Crippen LogP contribution >= 0.6 is 0 Å². The van der Waals surface area contributed by atoms with Gasteiger partial charge in [0.05, 0.1) is 17.1 Å². The maximum absolute atomic E-state index is 2.73. The Kier molecular flexibility index (Phi) is 24.4. The summed E-state index contributed by atoms with van der Waals surface area (Å²) in [5.41, 5.74) is 50.8. The summed E-state index contributed by atoms with van der Waals surface area (Å²) in [4.78, 5) is 8.00. The summed E-state index contributed by atoms with van der Waals surface area (Å²) < 4.78 is 0. The van der Waals surface area contributed by atoms with Crippen molar-refractivity contribution in [2.24, 2.45) is 0 Å². The standard InChI is InChI=1S/C146H110BN3/c1-145(2,3)140-126(109-51-27-11-28-52-109)87-119(88-127(140)110-53-29-12-30-54-110)121-91-130(113-59-35-15-36-60-113)143(131(92-121)114-61-37-16-38-62-114)149-136-85-79-117(101-47-23-9-24-48-101)95-134(136)147-135-96-118(102-49-25-10-26-50-102)80-86-137(135)150(144-132(115-63-39-17-40-64-115)93-122(94-133(144)116-65-41-18-42-66-116)120-89-128(111-55-31-13-32-56-111)141(146(4,5)6)129(90-120)112-57-33-14-34-58-112)139-98-125(97-138(149)142(139)147)148(123-81-75-107(76-82-123)105-71-67-103(68-72-105)99-43-19-7-20-44-99)124-83-77-108(78-84-124)106-73-69-104(70-74-106)100-45-21-8-22-46-100/h7-98H,1-6H3. The number of fused-ring (bicyclic) bond motifs is 4. The fourth-order valence-corrected chi connectivity index (χ4v) is 23.3. The van der Waals surface area contributed by atoms with Crippen molar-refractivity contribution in [2.45, 2.75) is 52.4 Å². The predicted molar refractivity (Wildman–Crippen MR) is 640 cm³/mol. The van der Waals surface area contributed by atoms with E-state index in [0.29, 0.717) is 0 Å². The van der Waals surface area contributed by atoms with Gasteiger partial charge in [0, 0.05) is 56.4 Å². The summed E-state index contributed by atoms with van der Waals surface area (Å²) in [7, 11) is 0. The maximum atomic E-state index is 2.73. The smallest absolute Gasteiger partial charge is 0.252 e. The van der Waals surface area contributed by atoms with Gasteiger partial charge in [-0.1, -0.05) is 503 Å². The van der Waals surface area contributed by atoms with Crippen LogP contribution in [0.3, 0.4) is 0 Å². The zero-order chi connectivity index (χ0) is 101. The SMILES string of the molecule is CC(C)(C)c1c(-c2ccccc2)cc(-c2cc(-c3ccccc3)c(N3c4ccc(-c5ccccc5)cc4B4c5cc(-c6ccccc6)ccc5N(c5c(-c6ccccc6)cc(-c6cc(-c7ccccc7)c(C(C)(C)C)c(-c7ccccc7)c6)cc5-c5ccccc5)c5cc(N(c6ccc(-c7ccc(-c8ccccc8)cc7)cc6)c6ccc(-c7ccc(-c8ccccc8)cc7)cc6)cc3c54)c(-c3ccccc3)c2)cc1-c1ccccc1. The third kappa shape index (κ3) is 17.7. The van der Waals surface area contributed by atoms with Gasteiger partial charge >= 0.3 is 0 Å². The van der Waals surface area contributed by atoms with E-state index in [1.807, 2.05) is 0 Å². The molecule has 2 heterocycles. The Hall–Kier alpha value is -18.5. The first-order valence-electron chi connectivity index (χ1n) is 52.3. The van der Waals surface area contributed by atoms with Crippen LogP contribution in [0.5, 0.6) is 0 Å². The van der Waals surface area contributed by atoms with Crippen LogP contribution in [-0.2, 0) is 10.8 Å². The van der Waals surface area contributed by atoms with Crippen molar-refractivity contribution in [2.75, 3.05) is 14.7 Å². The highest BCUT2D eigenvalue weighted by molar-refractivity contribution is 7.00. The molecule has 0 atom stereocenters. The molecule has 0 unspecified atom stereocenters. The Bertz CT molecular complexity index is 8110. The molecule has 0 radical (unpaired) electrons. The molecule has 23 aromatic carbocycles. The van der Waals surface area contributed by atoms with Gasteiger partial charge in [-0.05, 0) is 291 Å². The molecule has 0 aromatic heterocycles. The van der Waals surface area contributed by atoms with Crippen LogP contribution in [0.2, 0.25) is 0 Å². The van der Waals surface area contributed by atoms with Crippen LogP contribution in [0, 0.1) is 0 Å². The molecular weight excluding hydrogens is 1810 g/mol. The third-order valence-electron chi connectivity index (χ3n) is 30.2. The summed E-state index contributed by atoms with van der Waals surface area (Å²) in [5.74, 6) is 0. The van der Waals surface area contributed by atoms with Crippen LogP contribution < -0.4 is 31.1 Å². The molecule has 25 rings (SSSR count). The minimum Gasteiger partial charge on any atom is -0.310 e. The summed E-state index contributed by atoms with van der Waals surface area (Å²) in [6.07, 6.45) is 0. The quantitative estimate of drug-likeness (QED) is 0.0664. The first kappa shape index (κ1) is 92.6. The molecule has 712 valence electrons. The second-order valence-corrected chi connectivity index (χ2v) is 41.8. The topological polar surface area (TPSA) is 9.72 Å². The molecule has 23 aromatic rings. The van der Waals surface area contributed by atoms with Crippen LogP contribution in [0.15, 0.2) is 558 Å². The predicted octanol–water partition coefficient (Wildman–Crippen LogP) is 38.5. The normalized spacial score (nSPS) is 12.0. The van der Waals surface area contributed by atoms with Crippen molar-refractivity contribution >= 4 is 74.3 Å². The van der Waals surface area contributed by atoms with E-state index in [1.54, 1.807) is 0 Å². The average molecular weight is 1920 g/mol. The lowest BCUT2D eigenvalue weighted by Crippen LogP contribution is -2.61. The van der Waals surface area contributed by atoms with Gasteiger partial charge in [-0.2, -0.15) is 0 Å². The highest BCUT2D eigenvalue weighted by Crippen LogP contribution is 2.59. The van der Waals surface area contributed by atoms with Crippen LogP contribution in [0.4, 0.5) is 51.2 Å². The van der Waals surface area contributed by atoms with Crippen LogP contribution in [0.1, 0.15) is 52.7 Å². The highest BCUT2D eigenvalue weighted by atomic mass is 15.2. The number of rotatable bonds is 21. The molecule has 0 N–H and O–H groups in total. The molecule has 3 nitrogen and oxygen atoms in total. The molecule has 2 aliphatic rings. The zero-order valence-corrected chi connectivity index (χ0v) is 85.0. The lowest BCUT2D eigenvalue weighted by atomic mass is 9.33. The number of hydrogen-bond donors (Lipinski definition) is 0. The Labute approximate surface area is 882 Å². The molecule has 2 aliphatic heterocycles. The van der Waals surface area contributed by atoms with Gasteiger partial charge in [0.1, 0.15) is 0 Å². The molecule has 0 saturated carbocycles. The van der Waals surface area contributed by atoms with E-state index in [-0.39, 0.29) is 10.8 Å². The Morgan fingerprint density at radius 1 is 0.153 bits per heavy atom. The van der Waals surface area contributed by atoms with Gasteiger partial charge in [-0.25, -0.2) is 0 Å². The first-order chi connectivity index (χ1) is 73.7. The largest absolute Gasteiger partial charge is 0.310 e. The van der Waals surface area contributed by atoms with E-state index in [9.17, 15) is 0 Å². The van der Waals surface area contributed by atoms with Gasteiger partial charge in [-0.3, -0.25) is 0 Å². The fourth-order valence-electron chi connectivity index (χ4n) is 23.3. The second kappa shape index (κ2) is 39.5. The minimum atomic E-state index is -0.412. The Balaban J connectivity index is 0.832. The molecule has 150 heavy (non-hydrogen) atoms. The van der Waals surface area contributed by atoms with Crippen molar-refractivity contribution in [3.63, 3.8) is 0 Å². The Morgan fingerprint density at radius 3 is 0.553 bits per heavy atom. The third-order valence-corrected chi connectivity index (χ3v) is 30.2. The van der Waals surface area contributed by atoms with E-state index >= 15 is 0 Å². The van der Waals surface area contributed by atoms with E-state index in [0.717, 1.165) is 168 Å². The van der Waals surface area contributed by atoms with Gasteiger partial charge < -0.3 is 14.7 Å². The Morgan fingerprint density at radius 2 is 0.333 bits per heavy atom. The van der Waals surface area contributed by atoms with Gasteiger partial charge in [0.25, 0.3) is 6.71 Å². The van der Waals surface area contributed by atoms with Crippen LogP contribution in [0.25, 0.3) is 178 Å². The van der Waals surface area contributed by atoms with Crippen molar-refractivity contribution < 1.29 is 0 Å². The average Bonchev–Trinajstić information content (AvgIpc) is 0.682. The number of anilines is 9. The summed E-state index contributed by atoms with van der Waals surface area (Å²) >= 11 is 0.